The summed E-state index contributed by atoms with van der Waals surface area (Å²) in [6.45, 7) is 2.19. The Hall–Kier alpha value is -3.90. The lowest BCUT2D eigenvalue weighted by Crippen LogP contribution is -2.31. The van der Waals surface area contributed by atoms with Crippen LogP contribution in [0.1, 0.15) is 27.2 Å². The van der Waals surface area contributed by atoms with Gasteiger partial charge >= 0.3 is 0 Å². The maximum absolute atomic E-state index is 12.1. The minimum Gasteiger partial charge on any atom is -0.497 e. The quantitative estimate of drug-likeness (QED) is 0.401. The molecule has 0 unspecified atom stereocenters. The first-order valence-corrected chi connectivity index (χ1v) is 11.1. The molecule has 166 valence electrons. The van der Waals surface area contributed by atoms with Crippen molar-refractivity contribution in [2.75, 3.05) is 13.7 Å². The predicted octanol–water partition coefficient (Wildman–Crippen LogP) is 4.33. The number of hydrogen-bond acceptors (Lipinski definition) is 4. The van der Waals surface area contributed by atoms with Crippen molar-refractivity contribution in [3.63, 3.8) is 0 Å². The summed E-state index contributed by atoms with van der Waals surface area (Å²) in [6, 6.07) is 22.5. The van der Waals surface area contributed by atoms with Crippen molar-refractivity contribution in [3.8, 4) is 28.3 Å². The molecule has 2 aromatic heterocycles. The highest BCUT2D eigenvalue weighted by Crippen LogP contribution is 2.27. The van der Waals surface area contributed by atoms with Crippen molar-refractivity contribution < 1.29 is 9.53 Å². The molecule has 0 radical (unpaired) electrons. The molecule has 0 fully saturated rings. The van der Waals surface area contributed by atoms with Crippen LogP contribution in [0, 0.1) is 0 Å². The summed E-state index contributed by atoms with van der Waals surface area (Å²) in [5, 5.41) is 6.39. The molecular formula is C27H26N4O2. The number of aromatic nitrogens is 2. The highest BCUT2D eigenvalue weighted by Gasteiger charge is 2.20. The van der Waals surface area contributed by atoms with Crippen molar-refractivity contribution >= 4 is 5.91 Å². The zero-order valence-corrected chi connectivity index (χ0v) is 18.5. The predicted molar refractivity (Wildman–Crippen MR) is 129 cm³/mol. The molecule has 33 heavy (non-hydrogen) atoms. The largest absolute Gasteiger partial charge is 0.497 e. The summed E-state index contributed by atoms with van der Waals surface area (Å²) in [6.07, 6.45) is 2.64. The number of methoxy groups -OCH3 is 1. The van der Waals surface area contributed by atoms with E-state index in [4.69, 9.17) is 4.74 Å². The highest BCUT2D eigenvalue weighted by atomic mass is 16.5. The Kier molecular flexibility index (Phi) is 5.91. The molecule has 3 N–H and O–H groups in total. The van der Waals surface area contributed by atoms with Gasteiger partial charge in [-0.25, -0.2) is 0 Å². The highest BCUT2D eigenvalue weighted by molar-refractivity contribution is 5.97. The summed E-state index contributed by atoms with van der Waals surface area (Å²) in [5.41, 5.74) is 8.03. The molecule has 0 aliphatic carbocycles. The van der Waals surface area contributed by atoms with Gasteiger partial charge in [0.2, 0.25) is 0 Å². The molecule has 1 aliphatic rings. The number of rotatable bonds is 7. The fourth-order valence-corrected chi connectivity index (χ4v) is 4.18. The first-order valence-electron chi connectivity index (χ1n) is 11.1. The van der Waals surface area contributed by atoms with Gasteiger partial charge in [-0.3, -0.25) is 9.78 Å². The second-order valence-electron chi connectivity index (χ2n) is 8.17. The monoisotopic (exact) mass is 438 g/mol. The number of carbonyl (C=O) groups is 1. The van der Waals surface area contributed by atoms with Gasteiger partial charge in [0.1, 0.15) is 5.75 Å². The molecule has 0 bridgehead atoms. The topological polar surface area (TPSA) is 79.0 Å². The molecule has 0 saturated carbocycles. The molecule has 6 nitrogen and oxygen atoms in total. The normalized spacial score (nSPS) is 12.8. The average Bonchev–Trinajstić information content (AvgIpc) is 3.31. The van der Waals surface area contributed by atoms with Crippen LogP contribution >= 0.6 is 0 Å². The van der Waals surface area contributed by atoms with Gasteiger partial charge in [-0.15, -0.1) is 0 Å². The summed E-state index contributed by atoms with van der Waals surface area (Å²) in [4.78, 5) is 20.1. The Balaban J connectivity index is 1.31. The average molecular weight is 439 g/mol. The second kappa shape index (κ2) is 9.30. The number of fused-ring (bicyclic) bond motifs is 1. The van der Waals surface area contributed by atoms with Crippen LogP contribution in [-0.2, 0) is 19.5 Å². The molecule has 2 aromatic carbocycles. The standard InChI is InChI=1S/C27H26N4O2/c1-33-22-7-3-5-19(13-22)17-28-16-18-4-2-6-20(12-18)25-14-21(8-10-29-25)26-15-23-24(31-26)9-11-30-27(23)32/h2-8,10,12-15,28,31H,9,11,16-17H2,1H3,(H,30,32). The van der Waals surface area contributed by atoms with Gasteiger partial charge in [-0.1, -0.05) is 30.3 Å². The van der Waals surface area contributed by atoms with Gasteiger partial charge in [0.05, 0.1) is 18.4 Å². The number of hydrogen-bond donors (Lipinski definition) is 3. The number of nitrogens with zero attached hydrogens (tertiary/aromatic N) is 1. The third-order valence-electron chi connectivity index (χ3n) is 5.89. The lowest BCUT2D eigenvalue weighted by atomic mass is 10.0. The smallest absolute Gasteiger partial charge is 0.253 e. The van der Waals surface area contributed by atoms with Gasteiger partial charge in [-0.05, 0) is 47.5 Å². The van der Waals surface area contributed by atoms with Gasteiger partial charge in [0.15, 0.2) is 0 Å². The van der Waals surface area contributed by atoms with Crippen molar-refractivity contribution in [1.29, 1.82) is 0 Å². The maximum atomic E-state index is 12.1. The van der Waals surface area contributed by atoms with E-state index in [-0.39, 0.29) is 5.91 Å². The van der Waals surface area contributed by atoms with E-state index in [1.165, 1.54) is 11.1 Å². The minimum absolute atomic E-state index is 0.0119. The van der Waals surface area contributed by atoms with E-state index in [2.05, 4.69) is 57.0 Å². The SMILES string of the molecule is COc1cccc(CNCc2cccc(-c3cc(-c4cc5c([nH]4)CCNC5=O)ccn3)c2)c1. The van der Waals surface area contributed by atoms with Crippen molar-refractivity contribution in [3.05, 3.63) is 95.3 Å². The van der Waals surface area contributed by atoms with Crippen LogP contribution in [0.3, 0.4) is 0 Å². The van der Waals surface area contributed by atoms with E-state index in [0.29, 0.717) is 6.54 Å². The maximum Gasteiger partial charge on any atom is 0.253 e. The number of aromatic amines is 1. The first-order chi connectivity index (χ1) is 16.2. The lowest BCUT2D eigenvalue weighted by Gasteiger charge is -2.11. The Bertz CT molecular complexity index is 1290. The lowest BCUT2D eigenvalue weighted by molar-refractivity contribution is 0.0946. The Morgan fingerprint density at radius 2 is 1.79 bits per heavy atom. The fourth-order valence-electron chi connectivity index (χ4n) is 4.18. The van der Waals surface area contributed by atoms with Crippen LogP contribution in [0.4, 0.5) is 0 Å². The van der Waals surface area contributed by atoms with Crippen LogP contribution in [-0.4, -0.2) is 29.5 Å². The van der Waals surface area contributed by atoms with Crippen molar-refractivity contribution in [2.45, 2.75) is 19.5 Å². The fraction of sp³-hybridized carbons (Fsp3) is 0.185. The van der Waals surface area contributed by atoms with Gasteiger partial charge in [0.25, 0.3) is 5.91 Å². The number of pyridine rings is 1. The van der Waals surface area contributed by atoms with Gasteiger partial charge in [-0.2, -0.15) is 0 Å². The van der Waals surface area contributed by atoms with Crippen LogP contribution < -0.4 is 15.4 Å². The number of amides is 1. The third-order valence-corrected chi connectivity index (χ3v) is 5.89. The summed E-state index contributed by atoms with van der Waals surface area (Å²) < 4.78 is 5.30. The van der Waals surface area contributed by atoms with Crippen molar-refractivity contribution in [1.82, 2.24) is 20.6 Å². The van der Waals surface area contributed by atoms with Gasteiger partial charge < -0.3 is 20.4 Å². The Labute approximate surface area is 193 Å². The van der Waals surface area contributed by atoms with E-state index >= 15 is 0 Å². The van der Waals surface area contributed by atoms with E-state index in [9.17, 15) is 4.79 Å². The second-order valence-corrected chi connectivity index (χ2v) is 8.17. The molecule has 0 spiro atoms. The van der Waals surface area contributed by atoms with Crippen LogP contribution in [0.25, 0.3) is 22.5 Å². The molecule has 4 aromatic rings. The number of carbonyl (C=O) groups excluding carboxylic acids is 1. The summed E-state index contributed by atoms with van der Waals surface area (Å²) >= 11 is 0. The molecule has 6 heteroatoms. The number of ether oxygens (including phenoxy) is 1. The van der Waals surface area contributed by atoms with Gasteiger partial charge in [0, 0.05) is 54.8 Å². The molecule has 3 heterocycles. The minimum atomic E-state index is -0.0119. The molecular weight excluding hydrogens is 412 g/mol. The van der Waals surface area contributed by atoms with Crippen molar-refractivity contribution in [2.24, 2.45) is 0 Å². The zero-order valence-electron chi connectivity index (χ0n) is 18.5. The number of nitrogens with one attached hydrogen (secondary N) is 3. The van der Waals surface area contributed by atoms with E-state index < -0.39 is 0 Å². The number of H-pyrrole nitrogens is 1. The molecule has 1 amide bonds. The van der Waals surface area contributed by atoms with E-state index in [1.807, 2.05) is 36.5 Å². The molecule has 1 aliphatic heterocycles. The Morgan fingerprint density at radius 3 is 2.61 bits per heavy atom. The summed E-state index contributed by atoms with van der Waals surface area (Å²) in [7, 11) is 1.68. The van der Waals surface area contributed by atoms with Crippen LogP contribution in [0.2, 0.25) is 0 Å². The number of benzene rings is 2. The summed E-state index contributed by atoms with van der Waals surface area (Å²) in [5.74, 6) is 0.855. The molecule has 0 atom stereocenters. The van der Waals surface area contributed by atoms with E-state index in [1.54, 1.807) is 7.11 Å². The van der Waals surface area contributed by atoms with E-state index in [0.717, 1.165) is 59.0 Å². The van der Waals surface area contributed by atoms with Crippen LogP contribution in [0.5, 0.6) is 5.75 Å². The third kappa shape index (κ3) is 4.66. The van der Waals surface area contributed by atoms with Crippen LogP contribution in [0.15, 0.2) is 72.9 Å². The molecule has 5 rings (SSSR count). The first kappa shape index (κ1) is 21.0. The molecule has 0 saturated heterocycles. The zero-order chi connectivity index (χ0) is 22.6. The Morgan fingerprint density at radius 1 is 0.970 bits per heavy atom.